The first-order valence-corrected chi connectivity index (χ1v) is 6.91. The van der Waals surface area contributed by atoms with E-state index in [0.717, 1.165) is 12.0 Å². The van der Waals surface area contributed by atoms with Crippen LogP contribution in [-0.2, 0) is 11.2 Å². The van der Waals surface area contributed by atoms with E-state index in [1.54, 1.807) is 12.1 Å². The van der Waals surface area contributed by atoms with Gasteiger partial charge in [0.25, 0.3) is 0 Å². The van der Waals surface area contributed by atoms with Crippen molar-refractivity contribution in [3.05, 3.63) is 35.4 Å². The van der Waals surface area contributed by atoms with Gasteiger partial charge in [0.2, 0.25) is 5.91 Å². The number of hydrogen-bond acceptors (Lipinski definition) is 2. The molecule has 108 valence electrons. The number of carbonyl (C=O) groups excluding carboxylic acids is 1. The van der Waals surface area contributed by atoms with Crippen molar-refractivity contribution < 1.29 is 4.79 Å². The van der Waals surface area contributed by atoms with Crippen molar-refractivity contribution in [3.8, 4) is 6.07 Å². The van der Waals surface area contributed by atoms with Crippen LogP contribution >= 0.6 is 0 Å². The highest BCUT2D eigenvalue weighted by Crippen LogP contribution is 2.26. The van der Waals surface area contributed by atoms with Crippen molar-refractivity contribution in [2.75, 3.05) is 0 Å². The zero-order valence-electron chi connectivity index (χ0n) is 13.1. The first kappa shape index (κ1) is 16.2. The zero-order chi connectivity index (χ0) is 15.4. The summed E-state index contributed by atoms with van der Waals surface area (Å²) in [5.74, 6) is 0.0176. The Bertz CT molecular complexity index is 501. The maximum atomic E-state index is 12.1. The Kier molecular flexibility index (Phi) is 4.94. The smallest absolute Gasteiger partial charge is 0.224 e. The average molecular weight is 272 g/mol. The van der Waals surface area contributed by atoms with E-state index in [9.17, 15) is 4.79 Å². The lowest BCUT2D eigenvalue weighted by atomic mass is 9.81. The van der Waals surface area contributed by atoms with Crippen LogP contribution in [0.4, 0.5) is 0 Å². The lowest BCUT2D eigenvalue weighted by molar-refractivity contribution is -0.122. The van der Waals surface area contributed by atoms with E-state index >= 15 is 0 Å². The summed E-state index contributed by atoms with van der Waals surface area (Å²) in [4.78, 5) is 12.1. The van der Waals surface area contributed by atoms with Gasteiger partial charge in [-0.2, -0.15) is 5.26 Å². The summed E-state index contributed by atoms with van der Waals surface area (Å²) < 4.78 is 0. The number of nitriles is 1. The summed E-state index contributed by atoms with van der Waals surface area (Å²) in [5, 5.41) is 11.8. The van der Waals surface area contributed by atoms with Gasteiger partial charge in [-0.1, -0.05) is 32.9 Å². The second-order valence-corrected chi connectivity index (χ2v) is 7.16. The highest BCUT2D eigenvalue weighted by Gasteiger charge is 2.26. The van der Waals surface area contributed by atoms with Crippen LogP contribution in [0.1, 0.15) is 52.2 Å². The molecule has 1 N–H and O–H groups in total. The lowest BCUT2D eigenvalue weighted by Gasteiger charge is -2.33. The molecule has 0 saturated carbocycles. The van der Waals surface area contributed by atoms with Gasteiger partial charge in [-0.3, -0.25) is 4.79 Å². The highest BCUT2D eigenvalue weighted by molar-refractivity contribution is 5.79. The molecule has 0 unspecified atom stereocenters. The van der Waals surface area contributed by atoms with E-state index in [0.29, 0.717) is 12.0 Å². The van der Waals surface area contributed by atoms with Crippen LogP contribution in [0.2, 0.25) is 0 Å². The van der Waals surface area contributed by atoms with Crippen LogP contribution < -0.4 is 5.32 Å². The van der Waals surface area contributed by atoms with Crippen LogP contribution in [-0.4, -0.2) is 11.4 Å². The summed E-state index contributed by atoms with van der Waals surface area (Å²) >= 11 is 0. The van der Waals surface area contributed by atoms with E-state index < -0.39 is 0 Å². The molecule has 1 aromatic rings. The number of carbonyl (C=O) groups is 1. The largest absolute Gasteiger partial charge is 0.351 e. The maximum Gasteiger partial charge on any atom is 0.224 e. The van der Waals surface area contributed by atoms with Gasteiger partial charge in [-0.25, -0.2) is 0 Å². The third-order valence-corrected chi connectivity index (χ3v) is 2.90. The van der Waals surface area contributed by atoms with Gasteiger partial charge in [0.15, 0.2) is 0 Å². The van der Waals surface area contributed by atoms with Crippen LogP contribution in [0.5, 0.6) is 0 Å². The molecule has 0 fully saturated rings. The molecule has 0 spiro atoms. The quantitative estimate of drug-likeness (QED) is 0.913. The van der Waals surface area contributed by atoms with Crippen molar-refractivity contribution in [2.45, 2.75) is 53.0 Å². The van der Waals surface area contributed by atoms with E-state index in [4.69, 9.17) is 5.26 Å². The Hall–Kier alpha value is -1.82. The van der Waals surface area contributed by atoms with E-state index in [-0.39, 0.29) is 16.9 Å². The third-order valence-electron chi connectivity index (χ3n) is 2.90. The summed E-state index contributed by atoms with van der Waals surface area (Å²) in [6, 6.07) is 9.21. The van der Waals surface area contributed by atoms with E-state index in [1.165, 1.54) is 0 Å². The molecule has 3 nitrogen and oxygen atoms in total. The monoisotopic (exact) mass is 272 g/mol. The van der Waals surface area contributed by atoms with Crippen LogP contribution in [0.25, 0.3) is 0 Å². The molecule has 0 bridgehead atoms. The molecule has 1 aromatic carbocycles. The SMILES string of the molecule is CC(C)(C)CC(C)(C)NC(=O)Cc1ccc(C#N)cc1. The predicted octanol–water partition coefficient (Wildman–Crippen LogP) is 3.43. The van der Waals surface area contributed by atoms with Gasteiger partial charge in [-0.15, -0.1) is 0 Å². The molecular formula is C17H24N2O. The Labute approximate surface area is 122 Å². The number of nitrogens with zero attached hydrogens (tertiary/aromatic N) is 1. The fraction of sp³-hybridized carbons (Fsp3) is 0.529. The molecule has 0 aromatic heterocycles. The highest BCUT2D eigenvalue weighted by atomic mass is 16.1. The van der Waals surface area contributed by atoms with Crippen molar-refractivity contribution in [2.24, 2.45) is 5.41 Å². The molecule has 3 heteroatoms. The molecule has 0 radical (unpaired) electrons. The molecule has 0 aliphatic rings. The first-order chi connectivity index (χ1) is 9.11. The Morgan fingerprint density at radius 3 is 2.15 bits per heavy atom. The molecular weight excluding hydrogens is 248 g/mol. The number of rotatable bonds is 4. The van der Waals surface area contributed by atoms with Gasteiger partial charge >= 0.3 is 0 Å². The topological polar surface area (TPSA) is 52.9 Å². The van der Waals surface area contributed by atoms with Crippen molar-refractivity contribution in [1.82, 2.24) is 5.32 Å². The molecule has 0 heterocycles. The molecule has 0 atom stereocenters. The molecule has 20 heavy (non-hydrogen) atoms. The standard InChI is InChI=1S/C17H24N2O/c1-16(2,3)12-17(4,5)19-15(20)10-13-6-8-14(11-18)9-7-13/h6-9H,10,12H2,1-5H3,(H,19,20). The number of nitrogens with one attached hydrogen (secondary N) is 1. The van der Waals surface area contributed by atoms with E-state index in [2.05, 4.69) is 46.0 Å². The minimum atomic E-state index is -0.220. The summed E-state index contributed by atoms with van der Waals surface area (Å²) in [6.45, 7) is 10.6. The molecule has 0 aliphatic heterocycles. The Morgan fingerprint density at radius 1 is 1.15 bits per heavy atom. The number of benzene rings is 1. The molecule has 1 amide bonds. The fourth-order valence-electron chi connectivity index (χ4n) is 2.67. The molecule has 1 rings (SSSR count). The molecule has 0 aliphatic carbocycles. The number of amides is 1. The van der Waals surface area contributed by atoms with Crippen LogP contribution in [0.3, 0.4) is 0 Å². The second-order valence-electron chi connectivity index (χ2n) is 7.16. The Morgan fingerprint density at radius 2 is 1.70 bits per heavy atom. The van der Waals surface area contributed by atoms with Gasteiger partial charge in [0.1, 0.15) is 0 Å². The summed E-state index contributed by atoms with van der Waals surface area (Å²) in [5.41, 5.74) is 1.49. The zero-order valence-corrected chi connectivity index (χ0v) is 13.1. The van der Waals surface area contributed by atoms with E-state index in [1.807, 2.05) is 12.1 Å². The summed E-state index contributed by atoms with van der Waals surface area (Å²) in [7, 11) is 0. The first-order valence-electron chi connectivity index (χ1n) is 6.91. The second kappa shape index (κ2) is 6.09. The normalized spacial score (nSPS) is 11.8. The van der Waals surface area contributed by atoms with Crippen LogP contribution in [0.15, 0.2) is 24.3 Å². The maximum absolute atomic E-state index is 12.1. The van der Waals surface area contributed by atoms with Gasteiger partial charge in [0.05, 0.1) is 18.1 Å². The fourth-order valence-corrected chi connectivity index (χ4v) is 2.67. The molecule has 0 saturated heterocycles. The predicted molar refractivity (Wildman–Crippen MR) is 81.2 cm³/mol. The average Bonchev–Trinajstić information content (AvgIpc) is 2.25. The lowest BCUT2D eigenvalue weighted by Crippen LogP contribution is -2.46. The number of hydrogen-bond donors (Lipinski definition) is 1. The third kappa shape index (κ3) is 5.88. The minimum absolute atomic E-state index is 0.0176. The van der Waals surface area contributed by atoms with Gasteiger partial charge in [0, 0.05) is 5.54 Å². The van der Waals surface area contributed by atoms with Crippen molar-refractivity contribution in [3.63, 3.8) is 0 Å². The Balaban J connectivity index is 2.61. The summed E-state index contributed by atoms with van der Waals surface area (Å²) in [6.07, 6.45) is 1.26. The van der Waals surface area contributed by atoms with Crippen molar-refractivity contribution >= 4 is 5.91 Å². The minimum Gasteiger partial charge on any atom is -0.351 e. The van der Waals surface area contributed by atoms with Crippen LogP contribution in [0, 0.1) is 16.7 Å². The van der Waals surface area contributed by atoms with Crippen molar-refractivity contribution in [1.29, 1.82) is 5.26 Å². The van der Waals surface area contributed by atoms with Gasteiger partial charge in [-0.05, 0) is 43.4 Å². The van der Waals surface area contributed by atoms with Gasteiger partial charge < -0.3 is 5.32 Å².